The van der Waals surface area contributed by atoms with Crippen LogP contribution in [0.25, 0.3) is 38.8 Å². The number of para-hydroxylation sites is 3. The molecule has 0 spiro atoms. The molecule has 0 saturated carbocycles. The van der Waals surface area contributed by atoms with Crippen molar-refractivity contribution in [3.8, 4) is 28.4 Å². The minimum atomic E-state index is -2.84. The van der Waals surface area contributed by atoms with E-state index in [1.165, 1.54) is 0 Å². The summed E-state index contributed by atoms with van der Waals surface area (Å²) in [5, 5.41) is 2.00. The Bertz CT molecular complexity index is 3390. The van der Waals surface area contributed by atoms with E-state index in [9.17, 15) is 0 Å². The van der Waals surface area contributed by atoms with Gasteiger partial charge in [-0.05, 0) is 68.5 Å². The van der Waals surface area contributed by atoms with Crippen molar-refractivity contribution in [1.29, 1.82) is 0 Å². The van der Waals surface area contributed by atoms with Crippen LogP contribution in [0.4, 0.5) is 22.7 Å². The molecule has 1 aliphatic heterocycles. The van der Waals surface area contributed by atoms with Crippen LogP contribution in [0.5, 0.6) is 11.5 Å². The molecule has 5 aromatic carbocycles. The summed E-state index contributed by atoms with van der Waals surface area (Å²) in [5.74, 6) is 1.69. The van der Waals surface area contributed by atoms with Gasteiger partial charge in [-0.2, -0.15) is 6.07 Å². The quantitative estimate of drug-likeness (QED) is 0.123. The number of aromatic nitrogens is 3. The number of fused-ring (bicyclic) bond motifs is 4. The molecule has 61 heavy (non-hydrogen) atoms. The third kappa shape index (κ3) is 7.80. The van der Waals surface area contributed by atoms with Crippen molar-refractivity contribution in [3.05, 3.63) is 162 Å². The summed E-state index contributed by atoms with van der Waals surface area (Å²) in [6, 6.07) is 36.3. The van der Waals surface area contributed by atoms with E-state index in [1.54, 1.807) is 12.3 Å². The molecule has 9 rings (SSSR count). The summed E-state index contributed by atoms with van der Waals surface area (Å²) in [6.45, 7) is 16.3. The smallest absolute Gasteiger partial charge is 0.509 e. The van der Waals surface area contributed by atoms with E-state index in [2.05, 4.69) is 102 Å². The topological polar surface area (TPSA) is 46.0 Å². The van der Waals surface area contributed by atoms with Crippen LogP contribution >= 0.6 is 0 Å². The van der Waals surface area contributed by atoms with Gasteiger partial charge in [0.1, 0.15) is 11.5 Å². The van der Waals surface area contributed by atoms with E-state index in [1.807, 2.05) is 88.3 Å². The summed E-state index contributed by atoms with van der Waals surface area (Å²) in [6.07, 6.45) is 5.48. The van der Waals surface area contributed by atoms with Crippen LogP contribution in [0.3, 0.4) is 0 Å². The molecule has 0 aliphatic carbocycles. The molecule has 4 heterocycles. The van der Waals surface area contributed by atoms with Gasteiger partial charge in [0.05, 0.1) is 22.8 Å². The second-order valence-corrected chi connectivity index (χ2v) is 18.4. The monoisotopic (exact) mass is 987 g/mol. The van der Waals surface area contributed by atoms with Gasteiger partial charge < -0.3 is 9.30 Å². The molecule has 1 aliphatic rings. The van der Waals surface area contributed by atoms with Gasteiger partial charge in [0.15, 0.2) is 0 Å². The van der Waals surface area contributed by atoms with Gasteiger partial charge in [0.25, 0.3) is 11.4 Å². The summed E-state index contributed by atoms with van der Waals surface area (Å²) >= 11 is 0. The molecule has 0 amide bonds. The second-order valence-electron chi connectivity index (χ2n) is 18.4. The molecule has 0 atom stereocenters. The molecule has 306 valence electrons. The minimum absolute atomic E-state index is 0. The fourth-order valence-corrected chi connectivity index (χ4v) is 7.77. The summed E-state index contributed by atoms with van der Waals surface area (Å²) in [5.41, 5.74) is 6.33. The van der Waals surface area contributed by atoms with Crippen molar-refractivity contribution in [3.63, 3.8) is 0 Å². The Morgan fingerprint density at radius 3 is 2.15 bits per heavy atom. The van der Waals surface area contributed by atoms with Gasteiger partial charge in [-0.3, -0.25) is 4.98 Å². The largest absolute Gasteiger partial charge is 2.00 e. The number of nitrogens with zero attached hydrogens (tertiary/aromatic N) is 5. The van der Waals surface area contributed by atoms with Gasteiger partial charge in [0, 0.05) is 45.7 Å². The van der Waals surface area contributed by atoms with E-state index in [4.69, 9.17) is 19.3 Å². The summed E-state index contributed by atoms with van der Waals surface area (Å²) < 4.78 is 72.6. The van der Waals surface area contributed by atoms with E-state index in [0.717, 1.165) is 55.7 Å². The molecule has 0 radical (unpaired) electrons. The zero-order valence-corrected chi connectivity index (χ0v) is 38.0. The second kappa shape index (κ2) is 15.5. The maximum atomic E-state index is 9.14. The van der Waals surface area contributed by atoms with Crippen molar-refractivity contribution < 1.29 is 35.4 Å². The Hall–Kier alpha value is -5.93. The average molecular weight is 988 g/mol. The predicted octanol–water partition coefficient (Wildman–Crippen LogP) is 13.7. The first-order chi connectivity index (χ1) is 31.4. The first kappa shape index (κ1) is 33.7. The van der Waals surface area contributed by atoms with Crippen LogP contribution in [0.15, 0.2) is 128 Å². The van der Waals surface area contributed by atoms with Gasteiger partial charge in [0.2, 0.25) is 5.69 Å². The molecule has 0 N–H and O–H groups in total. The third-order valence-corrected chi connectivity index (χ3v) is 11.0. The molecule has 8 aromatic rings. The van der Waals surface area contributed by atoms with Gasteiger partial charge in [-0.15, -0.1) is 29.1 Å². The van der Waals surface area contributed by atoms with E-state index in [0.29, 0.717) is 28.4 Å². The molecule has 0 saturated heterocycles. The van der Waals surface area contributed by atoms with Gasteiger partial charge in [-0.1, -0.05) is 139 Å². The summed E-state index contributed by atoms with van der Waals surface area (Å²) in [4.78, 5) is 9.29. The molecular formula is C54H51N5OPt+2. The van der Waals surface area contributed by atoms with Crippen molar-refractivity contribution in [2.45, 2.75) is 85.4 Å². The van der Waals surface area contributed by atoms with Crippen LogP contribution in [0.1, 0.15) is 94.2 Å². The normalized spacial score (nSPS) is 14.7. The molecule has 0 bridgehead atoms. The average Bonchev–Trinajstić information content (AvgIpc) is 3.80. The van der Waals surface area contributed by atoms with E-state index >= 15 is 0 Å². The number of hydrogen-bond donors (Lipinski definition) is 0. The van der Waals surface area contributed by atoms with Crippen LogP contribution < -0.4 is 13.9 Å². The first-order valence-electron chi connectivity index (χ1n) is 23.7. The Morgan fingerprint density at radius 1 is 0.705 bits per heavy atom. The van der Waals surface area contributed by atoms with Gasteiger partial charge >= 0.3 is 27.1 Å². The number of hydrogen-bond acceptors (Lipinski definition) is 3. The molecule has 0 unspecified atom stereocenters. The Labute approximate surface area is 384 Å². The molecular weight excluding hydrogens is 930 g/mol. The fraction of sp³-hybridized carbons (Fsp3) is 0.241. The van der Waals surface area contributed by atoms with Gasteiger partial charge in [-0.25, -0.2) is 4.98 Å². The zero-order chi connectivity index (χ0) is 48.1. The van der Waals surface area contributed by atoms with Crippen LogP contribution in [-0.4, -0.2) is 20.5 Å². The maximum absolute atomic E-state index is 9.14. The minimum Gasteiger partial charge on any atom is -0.509 e. The molecule has 0 fully saturated rings. The predicted molar refractivity (Wildman–Crippen MR) is 248 cm³/mol. The molecule has 7 heteroatoms. The number of ether oxygens (including phenoxy) is 1. The van der Waals surface area contributed by atoms with Crippen molar-refractivity contribution in [2.24, 2.45) is 0 Å². The number of rotatable bonds is 6. The Balaban J connectivity index is 0.00000625. The van der Waals surface area contributed by atoms with Crippen LogP contribution in [-0.2, 0) is 37.3 Å². The fourth-order valence-electron chi connectivity index (χ4n) is 7.77. The van der Waals surface area contributed by atoms with Crippen molar-refractivity contribution >= 4 is 50.6 Å². The van der Waals surface area contributed by atoms with E-state index < -0.39 is 42.0 Å². The maximum Gasteiger partial charge on any atom is 2.00 e. The Kier molecular flexibility index (Phi) is 8.58. The van der Waals surface area contributed by atoms with Crippen LogP contribution in [0, 0.1) is 19.0 Å². The van der Waals surface area contributed by atoms with Crippen LogP contribution in [0.2, 0.25) is 0 Å². The SMILES string of the molecule is [2H]c1c([2H])c(C([2H])([2H])[2H])c([2H])c([2H])c1-c1cccc(C(C)(C)C)c1[N+]1=C=[N+](c2[c-]c(Oc3[c-]c4c(cc3)c3ccncc3n4-c3cc(C(C)(C)C)ccn3)cc(C(C)(C)C)c2)c2ccccc21.[Pt+2]. The molecule has 3 aromatic heterocycles. The standard InChI is InChI=1S/C54H51N5O.Pt/c1-35-18-20-36(21-19-35)42-14-13-15-45(54(8,9)10)51(42)58-34-57(46-16-11-12-17-47(46)58)39-28-38(53(5,6)7)29-41(31-39)60-40-22-23-43-44-25-26-55-33-49(44)59(48(43)32-40)50-30-37(24-27-56-50)52(2,3)4;/h11-30,33H,1-10H3;/q;+2/i1D3,18D,19D,20D,21D;. The van der Waals surface area contributed by atoms with E-state index in [-0.39, 0.29) is 37.5 Å². The third-order valence-electron chi connectivity index (χ3n) is 11.0. The number of pyridine rings is 2. The number of benzene rings is 5. The summed E-state index contributed by atoms with van der Waals surface area (Å²) in [7, 11) is 0. The first-order valence-corrected chi connectivity index (χ1v) is 20.2. The van der Waals surface area contributed by atoms with Crippen molar-refractivity contribution in [2.75, 3.05) is 0 Å². The van der Waals surface area contributed by atoms with Crippen molar-refractivity contribution in [1.82, 2.24) is 23.7 Å². The zero-order valence-electron chi connectivity index (χ0n) is 42.8. The molecule has 6 nitrogen and oxygen atoms in total. The Morgan fingerprint density at radius 2 is 1.44 bits per heavy atom.